The Bertz CT molecular complexity index is 867. The Hall–Kier alpha value is -2.07. The smallest absolute Gasteiger partial charge is 0.277 e. The normalized spacial score (nSPS) is 22.1. The van der Waals surface area contributed by atoms with Crippen molar-refractivity contribution in [3.8, 4) is 0 Å². The first-order valence-electron chi connectivity index (χ1n) is 8.76. The third kappa shape index (κ3) is 3.49. The molecule has 128 valence electrons. The number of aromatic nitrogens is 1. The van der Waals surface area contributed by atoms with Crippen molar-refractivity contribution >= 4 is 23.1 Å². The average molecular weight is 352 g/mol. The molecule has 0 bridgehead atoms. The molecule has 2 aliphatic carbocycles. The lowest BCUT2D eigenvalue weighted by atomic mass is 9.88. The highest BCUT2D eigenvalue weighted by atomic mass is 32.1. The Kier molecular flexibility index (Phi) is 4.62. The minimum absolute atomic E-state index is 0.0664. The van der Waals surface area contributed by atoms with Crippen molar-refractivity contribution in [2.75, 3.05) is 0 Å². The fourth-order valence-corrected chi connectivity index (χ4v) is 3.46. The second kappa shape index (κ2) is 7.04. The highest BCUT2D eigenvalue weighted by molar-refractivity contribution is 7.78. The molecular weight excluding hydrogens is 332 g/mol. The molecule has 5 heteroatoms. The highest BCUT2D eigenvalue weighted by Gasteiger charge is 2.35. The van der Waals surface area contributed by atoms with Crippen LogP contribution in [-0.2, 0) is 11.3 Å². The van der Waals surface area contributed by atoms with Gasteiger partial charge in [0.25, 0.3) is 5.56 Å². The molecule has 0 radical (unpaired) electrons. The quantitative estimate of drug-likeness (QED) is 0.572. The predicted octanol–water partition coefficient (Wildman–Crippen LogP) is 4.38. The summed E-state index contributed by atoms with van der Waals surface area (Å²) in [6, 6.07) is 12.1. The van der Waals surface area contributed by atoms with Crippen molar-refractivity contribution in [2.45, 2.75) is 50.4 Å². The van der Waals surface area contributed by atoms with Crippen LogP contribution in [0.25, 0.3) is 0 Å². The number of benzene rings is 1. The van der Waals surface area contributed by atoms with Gasteiger partial charge in [0.1, 0.15) is 5.69 Å². The standard InChI is InChI=1S/C20H20N2O2S/c23-20-17(21-13-25)10-16(15-6-7-15)11-22(20)18-8-9-19(18)24-12-14-4-2-1-3-5-14/h1-5,10-11,15,18-19H,6-9,12H2/t18-,19?/m1/s1. The van der Waals surface area contributed by atoms with Gasteiger partial charge < -0.3 is 9.30 Å². The summed E-state index contributed by atoms with van der Waals surface area (Å²) in [6.45, 7) is 0.573. The Morgan fingerprint density at radius 3 is 2.64 bits per heavy atom. The van der Waals surface area contributed by atoms with Gasteiger partial charge in [0, 0.05) is 6.20 Å². The number of nitrogens with zero attached hydrogens (tertiary/aromatic N) is 2. The number of isothiocyanates is 1. The van der Waals surface area contributed by atoms with E-state index in [4.69, 9.17) is 17.0 Å². The van der Waals surface area contributed by atoms with E-state index >= 15 is 0 Å². The zero-order chi connectivity index (χ0) is 17.2. The molecule has 25 heavy (non-hydrogen) atoms. The number of rotatable bonds is 6. The summed E-state index contributed by atoms with van der Waals surface area (Å²) in [5.74, 6) is 0.551. The lowest BCUT2D eigenvalue weighted by Crippen LogP contribution is -2.41. The van der Waals surface area contributed by atoms with E-state index in [9.17, 15) is 4.79 Å². The maximum atomic E-state index is 12.7. The van der Waals surface area contributed by atoms with Crippen molar-refractivity contribution < 1.29 is 4.74 Å². The number of thiocarbonyl (C=S) groups is 1. The van der Waals surface area contributed by atoms with Crippen LogP contribution in [0.3, 0.4) is 0 Å². The van der Waals surface area contributed by atoms with E-state index in [1.54, 1.807) is 0 Å². The van der Waals surface area contributed by atoms with Crippen LogP contribution in [0.4, 0.5) is 5.69 Å². The van der Waals surface area contributed by atoms with E-state index in [0.29, 0.717) is 18.2 Å². The molecule has 0 N–H and O–H groups in total. The molecule has 2 atom stereocenters. The van der Waals surface area contributed by atoms with Gasteiger partial charge in [-0.1, -0.05) is 30.3 Å². The molecule has 2 saturated carbocycles. The summed E-state index contributed by atoms with van der Waals surface area (Å²) in [4.78, 5) is 16.7. The van der Waals surface area contributed by atoms with E-state index < -0.39 is 0 Å². The van der Waals surface area contributed by atoms with Crippen molar-refractivity contribution in [3.63, 3.8) is 0 Å². The summed E-state index contributed by atoms with van der Waals surface area (Å²) >= 11 is 4.70. The predicted molar refractivity (Wildman–Crippen MR) is 101 cm³/mol. The number of pyridine rings is 1. The van der Waals surface area contributed by atoms with Gasteiger partial charge in [-0.05, 0) is 61.0 Å². The first-order valence-corrected chi connectivity index (χ1v) is 9.16. The van der Waals surface area contributed by atoms with Gasteiger partial charge >= 0.3 is 0 Å². The van der Waals surface area contributed by atoms with Gasteiger partial charge in [-0.25, -0.2) is 0 Å². The summed E-state index contributed by atoms with van der Waals surface area (Å²) in [6.07, 6.45) is 6.36. The summed E-state index contributed by atoms with van der Waals surface area (Å²) < 4.78 is 7.89. The highest BCUT2D eigenvalue weighted by Crippen LogP contribution is 2.42. The maximum absolute atomic E-state index is 12.7. The van der Waals surface area contributed by atoms with Gasteiger partial charge in [0.15, 0.2) is 0 Å². The Balaban J connectivity index is 1.56. The second-order valence-electron chi connectivity index (χ2n) is 6.83. The molecule has 2 aliphatic rings. The van der Waals surface area contributed by atoms with Gasteiger partial charge in [0.05, 0.1) is 23.9 Å². The van der Waals surface area contributed by atoms with Crippen LogP contribution in [0.5, 0.6) is 0 Å². The zero-order valence-electron chi connectivity index (χ0n) is 13.9. The van der Waals surface area contributed by atoms with Gasteiger partial charge in [-0.15, -0.1) is 0 Å². The fourth-order valence-electron chi connectivity index (χ4n) is 3.37. The van der Waals surface area contributed by atoms with Crippen LogP contribution < -0.4 is 5.56 Å². The zero-order valence-corrected chi connectivity index (χ0v) is 14.7. The van der Waals surface area contributed by atoms with E-state index in [2.05, 4.69) is 22.3 Å². The molecule has 1 heterocycles. The van der Waals surface area contributed by atoms with Crippen LogP contribution in [0.1, 0.15) is 48.8 Å². The first kappa shape index (κ1) is 16.4. The van der Waals surface area contributed by atoms with Gasteiger partial charge in [-0.3, -0.25) is 4.79 Å². The van der Waals surface area contributed by atoms with E-state index in [1.807, 2.05) is 35.0 Å². The topological polar surface area (TPSA) is 43.6 Å². The molecule has 2 aromatic rings. The first-order chi connectivity index (χ1) is 12.3. The minimum atomic E-state index is -0.0974. The molecule has 1 unspecified atom stereocenters. The Labute approximate surface area is 152 Å². The molecule has 2 fully saturated rings. The molecule has 1 aromatic heterocycles. The average Bonchev–Trinajstić information content (AvgIpc) is 3.43. The Morgan fingerprint density at radius 2 is 2.00 bits per heavy atom. The number of hydrogen-bond acceptors (Lipinski definition) is 4. The molecule has 0 amide bonds. The number of hydrogen-bond donors (Lipinski definition) is 0. The largest absolute Gasteiger partial charge is 0.371 e. The fraction of sp³-hybridized carbons (Fsp3) is 0.400. The molecule has 1 aromatic carbocycles. The molecular formula is C20H20N2O2S. The summed E-state index contributed by atoms with van der Waals surface area (Å²) in [5.41, 5.74) is 2.63. The molecule has 0 spiro atoms. The van der Waals surface area contributed by atoms with Crippen molar-refractivity contribution in [3.05, 3.63) is 64.1 Å². The lowest BCUT2D eigenvalue weighted by Gasteiger charge is -2.38. The second-order valence-corrected chi connectivity index (χ2v) is 7.01. The number of ether oxygens (including phenoxy) is 1. The van der Waals surface area contributed by atoms with E-state index in [1.165, 1.54) is 18.4 Å². The molecule has 0 saturated heterocycles. The summed E-state index contributed by atoms with van der Waals surface area (Å²) in [7, 11) is 0. The van der Waals surface area contributed by atoms with Crippen LogP contribution in [-0.4, -0.2) is 15.8 Å². The molecule has 4 rings (SSSR count). The van der Waals surface area contributed by atoms with E-state index in [0.717, 1.165) is 18.4 Å². The van der Waals surface area contributed by atoms with Gasteiger partial charge in [0.2, 0.25) is 0 Å². The maximum Gasteiger partial charge on any atom is 0.277 e. The van der Waals surface area contributed by atoms with Crippen LogP contribution >= 0.6 is 12.2 Å². The van der Waals surface area contributed by atoms with E-state index in [-0.39, 0.29) is 17.7 Å². The SMILES string of the molecule is O=c1c(N=C=S)cc(C2CC2)cn1[C@@H]1CCC1OCc1ccccc1. The van der Waals surface area contributed by atoms with Gasteiger partial charge in [-0.2, -0.15) is 4.99 Å². The van der Waals surface area contributed by atoms with Crippen molar-refractivity contribution in [1.29, 1.82) is 0 Å². The lowest BCUT2D eigenvalue weighted by molar-refractivity contribution is -0.0503. The Morgan fingerprint density at radius 1 is 1.20 bits per heavy atom. The number of aliphatic imine (C=N–C) groups is 1. The molecule has 0 aliphatic heterocycles. The monoisotopic (exact) mass is 352 g/mol. The van der Waals surface area contributed by atoms with Crippen molar-refractivity contribution in [1.82, 2.24) is 4.57 Å². The van der Waals surface area contributed by atoms with Crippen molar-refractivity contribution in [2.24, 2.45) is 4.99 Å². The summed E-state index contributed by atoms with van der Waals surface area (Å²) in [5, 5.41) is 2.34. The van der Waals surface area contributed by atoms with Crippen LogP contribution in [0.15, 0.2) is 52.4 Å². The minimum Gasteiger partial charge on any atom is -0.371 e. The molecule has 4 nitrogen and oxygen atoms in total. The third-order valence-corrected chi connectivity index (χ3v) is 5.19. The third-order valence-electron chi connectivity index (χ3n) is 5.10. The van der Waals surface area contributed by atoms with Crippen LogP contribution in [0, 0.1) is 0 Å². The van der Waals surface area contributed by atoms with Crippen LogP contribution in [0.2, 0.25) is 0 Å².